The average molecular weight is 346 g/mol. The van der Waals surface area contributed by atoms with Crippen LogP contribution in [0.1, 0.15) is 29.5 Å². The summed E-state index contributed by atoms with van der Waals surface area (Å²) in [6.45, 7) is 5.06. The zero-order valence-electron chi connectivity index (χ0n) is 12.4. The van der Waals surface area contributed by atoms with E-state index in [1.807, 2.05) is 12.1 Å². The van der Waals surface area contributed by atoms with Crippen molar-refractivity contribution in [2.75, 3.05) is 0 Å². The summed E-state index contributed by atoms with van der Waals surface area (Å²) in [5, 5.41) is 3.56. The Bertz CT molecular complexity index is 650. The second kappa shape index (κ2) is 6.20. The summed E-state index contributed by atoms with van der Waals surface area (Å²) in [5.41, 5.74) is 3.63. The molecule has 2 aromatic rings. The molecular weight excluding hydrogens is 326 g/mol. The molecule has 2 nitrogen and oxygen atoms in total. The highest BCUT2D eigenvalue weighted by molar-refractivity contribution is 9.10. The number of halogens is 1. The number of hydrogen-bond acceptors (Lipinski definition) is 2. The van der Waals surface area contributed by atoms with E-state index in [9.17, 15) is 0 Å². The third-order valence-corrected chi connectivity index (χ3v) is 4.24. The normalized spacial score (nSPS) is 14.2. The highest BCUT2D eigenvalue weighted by Crippen LogP contribution is 2.31. The summed E-state index contributed by atoms with van der Waals surface area (Å²) in [5.74, 6) is 1.84. The van der Waals surface area contributed by atoms with E-state index in [1.165, 1.54) is 24.0 Å². The van der Waals surface area contributed by atoms with Gasteiger partial charge in [0.1, 0.15) is 11.5 Å². The lowest BCUT2D eigenvalue weighted by molar-refractivity contribution is 0.468. The molecule has 0 aromatic heterocycles. The Labute approximate surface area is 134 Å². The van der Waals surface area contributed by atoms with Gasteiger partial charge in [-0.05, 0) is 50.5 Å². The number of benzene rings is 2. The molecule has 1 aliphatic rings. The first-order valence-electron chi connectivity index (χ1n) is 7.39. The summed E-state index contributed by atoms with van der Waals surface area (Å²) >= 11 is 3.51. The van der Waals surface area contributed by atoms with Gasteiger partial charge in [0.05, 0.1) is 0 Å². The van der Waals surface area contributed by atoms with Crippen LogP contribution in [0.2, 0.25) is 0 Å². The van der Waals surface area contributed by atoms with Gasteiger partial charge in [0.2, 0.25) is 0 Å². The molecule has 0 spiro atoms. The van der Waals surface area contributed by atoms with E-state index >= 15 is 0 Å². The molecule has 0 saturated heterocycles. The highest BCUT2D eigenvalue weighted by atomic mass is 79.9. The molecule has 0 aliphatic heterocycles. The predicted octanol–water partition coefficient (Wildman–Crippen LogP) is 5.11. The molecule has 0 radical (unpaired) electrons. The molecule has 0 heterocycles. The van der Waals surface area contributed by atoms with Gasteiger partial charge in [0.25, 0.3) is 0 Å². The zero-order valence-corrected chi connectivity index (χ0v) is 14.0. The van der Waals surface area contributed by atoms with Gasteiger partial charge in [-0.2, -0.15) is 0 Å². The van der Waals surface area contributed by atoms with Gasteiger partial charge < -0.3 is 10.1 Å². The molecule has 1 fully saturated rings. The molecule has 0 atom stereocenters. The number of rotatable bonds is 5. The molecule has 0 bridgehead atoms. The third kappa shape index (κ3) is 3.86. The first-order chi connectivity index (χ1) is 10.1. The van der Waals surface area contributed by atoms with Gasteiger partial charge in [0.15, 0.2) is 0 Å². The maximum absolute atomic E-state index is 6.16. The van der Waals surface area contributed by atoms with Crippen LogP contribution in [0, 0.1) is 13.8 Å². The van der Waals surface area contributed by atoms with Crippen molar-refractivity contribution in [3.63, 3.8) is 0 Å². The van der Waals surface area contributed by atoms with E-state index in [-0.39, 0.29) is 0 Å². The van der Waals surface area contributed by atoms with Crippen molar-refractivity contribution in [2.45, 2.75) is 39.3 Å². The van der Waals surface area contributed by atoms with Crippen molar-refractivity contribution in [3.05, 3.63) is 57.6 Å². The Kier molecular flexibility index (Phi) is 4.32. The summed E-state index contributed by atoms with van der Waals surface area (Å²) in [6, 6.07) is 13.2. The van der Waals surface area contributed by atoms with Crippen LogP contribution in [0.4, 0.5) is 0 Å². The lowest BCUT2D eigenvalue weighted by Gasteiger charge is -2.14. The lowest BCUT2D eigenvalue weighted by Crippen LogP contribution is -2.15. The molecule has 3 rings (SSSR count). The molecule has 21 heavy (non-hydrogen) atoms. The first kappa shape index (κ1) is 14.6. The van der Waals surface area contributed by atoms with Crippen LogP contribution in [-0.4, -0.2) is 6.04 Å². The van der Waals surface area contributed by atoms with Crippen molar-refractivity contribution in [2.24, 2.45) is 0 Å². The SMILES string of the molecule is Cc1ccc(Oc2cc(Br)ccc2C)c(CNC2CC2)c1. The van der Waals surface area contributed by atoms with Gasteiger partial charge in [-0.15, -0.1) is 0 Å². The summed E-state index contributed by atoms with van der Waals surface area (Å²) in [7, 11) is 0. The van der Waals surface area contributed by atoms with Crippen molar-refractivity contribution in [1.82, 2.24) is 5.32 Å². The van der Waals surface area contributed by atoms with E-state index in [4.69, 9.17) is 4.74 Å². The Hall–Kier alpha value is -1.32. The van der Waals surface area contributed by atoms with Crippen molar-refractivity contribution < 1.29 is 4.74 Å². The van der Waals surface area contributed by atoms with E-state index in [0.29, 0.717) is 6.04 Å². The van der Waals surface area contributed by atoms with Gasteiger partial charge in [0, 0.05) is 22.6 Å². The maximum atomic E-state index is 6.16. The minimum atomic E-state index is 0.700. The minimum Gasteiger partial charge on any atom is -0.457 e. The molecular formula is C18H20BrNO. The second-order valence-electron chi connectivity index (χ2n) is 5.78. The van der Waals surface area contributed by atoms with Crippen LogP contribution in [0.15, 0.2) is 40.9 Å². The lowest BCUT2D eigenvalue weighted by atomic mass is 10.1. The third-order valence-electron chi connectivity index (χ3n) is 3.74. The number of nitrogens with one attached hydrogen (secondary N) is 1. The van der Waals surface area contributed by atoms with Crippen LogP contribution in [0.25, 0.3) is 0 Å². The predicted molar refractivity (Wildman–Crippen MR) is 90.0 cm³/mol. The van der Waals surface area contributed by atoms with E-state index in [2.05, 4.69) is 59.4 Å². The van der Waals surface area contributed by atoms with Gasteiger partial charge >= 0.3 is 0 Å². The molecule has 3 heteroatoms. The fourth-order valence-electron chi connectivity index (χ4n) is 2.29. The fourth-order valence-corrected chi connectivity index (χ4v) is 2.63. The quantitative estimate of drug-likeness (QED) is 0.812. The number of ether oxygens (including phenoxy) is 1. The molecule has 0 unspecified atom stereocenters. The largest absolute Gasteiger partial charge is 0.457 e. The second-order valence-corrected chi connectivity index (χ2v) is 6.69. The molecule has 2 aromatic carbocycles. The Morgan fingerprint density at radius 3 is 2.67 bits per heavy atom. The van der Waals surface area contributed by atoms with Gasteiger partial charge in [-0.3, -0.25) is 0 Å². The molecule has 1 aliphatic carbocycles. The molecule has 1 N–H and O–H groups in total. The monoisotopic (exact) mass is 345 g/mol. The van der Waals surface area contributed by atoms with Crippen LogP contribution in [0.3, 0.4) is 0 Å². The van der Waals surface area contributed by atoms with Gasteiger partial charge in [-0.25, -0.2) is 0 Å². The zero-order chi connectivity index (χ0) is 14.8. The minimum absolute atomic E-state index is 0.700. The summed E-state index contributed by atoms with van der Waals surface area (Å²) in [6.07, 6.45) is 2.60. The number of hydrogen-bond donors (Lipinski definition) is 1. The fraction of sp³-hybridized carbons (Fsp3) is 0.333. The topological polar surface area (TPSA) is 21.3 Å². The van der Waals surface area contributed by atoms with E-state index < -0.39 is 0 Å². The summed E-state index contributed by atoms with van der Waals surface area (Å²) in [4.78, 5) is 0. The van der Waals surface area contributed by atoms with Crippen LogP contribution >= 0.6 is 15.9 Å². The molecule has 110 valence electrons. The van der Waals surface area contributed by atoms with Crippen molar-refractivity contribution >= 4 is 15.9 Å². The van der Waals surface area contributed by atoms with Crippen LogP contribution in [-0.2, 0) is 6.54 Å². The standard InChI is InChI=1S/C18H20BrNO/c1-12-3-8-17(14(9-12)11-20-16-6-7-16)21-18-10-15(19)5-4-13(18)2/h3-5,8-10,16,20H,6-7,11H2,1-2H3. The van der Waals surface area contributed by atoms with Crippen LogP contribution in [0.5, 0.6) is 11.5 Å². The molecule has 1 saturated carbocycles. The Balaban J connectivity index is 1.84. The average Bonchev–Trinajstić information content (AvgIpc) is 3.27. The Morgan fingerprint density at radius 2 is 1.90 bits per heavy atom. The van der Waals surface area contributed by atoms with Crippen molar-refractivity contribution in [1.29, 1.82) is 0 Å². The van der Waals surface area contributed by atoms with Crippen molar-refractivity contribution in [3.8, 4) is 11.5 Å². The summed E-state index contributed by atoms with van der Waals surface area (Å²) < 4.78 is 7.19. The smallest absolute Gasteiger partial charge is 0.131 e. The van der Waals surface area contributed by atoms with Gasteiger partial charge in [-0.1, -0.05) is 39.7 Å². The van der Waals surface area contributed by atoms with Crippen LogP contribution < -0.4 is 10.1 Å². The number of aryl methyl sites for hydroxylation is 2. The van der Waals surface area contributed by atoms with E-state index in [0.717, 1.165) is 28.1 Å². The first-order valence-corrected chi connectivity index (χ1v) is 8.18. The Morgan fingerprint density at radius 1 is 1.10 bits per heavy atom. The molecule has 0 amide bonds. The highest BCUT2D eigenvalue weighted by Gasteiger charge is 2.20. The maximum Gasteiger partial charge on any atom is 0.131 e. The van der Waals surface area contributed by atoms with E-state index in [1.54, 1.807) is 0 Å².